The van der Waals surface area contributed by atoms with Gasteiger partial charge in [0, 0.05) is 11.8 Å². The lowest BCUT2D eigenvalue weighted by Crippen LogP contribution is -1.94. The highest BCUT2D eigenvalue weighted by molar-refractivity contribution is 5.55. The zero-order chi connectivity index (χ0) is 15.4. The summed E-state index contributed by atoms with van der Waals surface area (Å²) >= 11 is 0. The molecular weight excluding hydrogens is 276 g/mol. The predicted molar refractivity (Wildman–Crippen MR) is 88.3 cm³/mol. The van der Waals surface area contributed by atoms with Gasteiger partial charge in [0.25, 0.3) is 0 Å². The van der Waals surface area contributed by atoms with E-state index in [1.807, 2.05) is 54.6 Å². The van der Waals surface area contributed by atoms with Crippen LogP contribution in [-0.4, -0.2) is 0 Å². The smallest absolute Gasteiger partial charge is 0.170 e. The molecule has 3 aromatic rings. The van der Waals surface area contributed by atoms with E-state index >= 15 is 0 Å². The fourth-order valence-corrected chi connectivity index (χ4v) is 2.02. The third-order valence-electron chi connectivity index (χ3n) is 3.07. The zero-order valence-corrected chi connectivity index (χ0v) is 11.9. The number of nitrogens with two attached hydrogens (primary N) is 2. The second-order valence-corrected chi connectivity index (χ2v) is 4.76. The molecule has 0 fully saturated rings. The van der Waals surface area contributed by atoms with Gasteiger partial charge in [-0.15, -0.1) is 0 Å². The van der Waals surface area contributed by atoms with Crippen LogP contribution in [0.15, 0.2) is 72.8 Å². The molecule has 4 N–H and O–H groups in total. The number of anilines is 2. The standard InChI is InChI=1S/C18H16N2O2/c19-13-6-5-7-14(12-13)21-17-10-3-4-11-18(17)22-16-9-2-1-8-15(16)20/h1-12H,19-20H2. The van der Waals surface area contributed by atoms with Gasteiger partial charge in [-0.05, 0) is 36.4 Å². The molecule has 0 aliphatic carbocycles. The zero-order valence-electron chi connectivity index (χ0n) is 11.9. The lowest BCUT2D eigenvalue weighted by Gasteiger charge is -2.13. The number of nitrogen functional groups attached to an aromatic ring is 2. The molecule has 0 heterocycles. The maximum Gasteiger partial charge on any atom is 0.170 e. The maximum absolute atomic E-state index is 5.91. The van der Waals surface area contributed by atoms with Crippen LogP contribution < -0.4 is 20.9 Å². The Bertz CT molecular complexity index is 787. The Hall–Kier alpha value is -3.14. The van der Waals surface area contributed by atoms with Crippen molar-refractivity contribution in [2.45, 2.75) is 0 Å². The number of hydrogen-bond donors (Lipinski definition) is 2. The van der Waals surface area contributed by atoms with Crippen molar-refractivity contribution in [1.29, 1.82) is 0 Å². The van der Waals surface area contributed by atoms with Gasteiger partial charge in [-0.1, -0.05) is 30.3 Å². The van der Waals surface area contributed by atoms with Crippen molar-refractivity contribution in [2.24, 2.45) is 0 Å². The van der Waals surface area contributed by atoms with E-state index in [-0.39, 0.29) is 0 Å². The number of benzene rings is 3. The van der Waals surface area contributed by atoms with Crippen molar-refractivity contribution in [3.8, 4) is 23.0 Å². The number of hydrogen-bond acceptors (Lipinski definition) is 4. The molecule has 0 aliphatic rings. The highest BCUT2D eigenvalue weighted by Crippen LogP contribution is 2.36. The van der Waals surface area contributed by atoms with Gasteiger partial charge >= 0.3 is 0 Å². The summed E-state index contributed by atoms with van der Waals surface area (Å²) in [7, 11) is 0. The summed E-state index contributed by atoms with van der Waals surface area (Å²) in [4.78, 5) is 0. The Morgan fingerprint density at radius 3 is 1.91 bits per heavy atom. The van der Waals surface area contributed by atoms with Gasteiger partial charge in [0.15, 0.2) is 17.2 Å². The molecule has 3 aromatic carbocycles. The van der Waals surface area contributed by atoms with Gasteiger partial charge in [0.1, 0.15) is 5.75 Å². The van der Waals surface area contributed by atoms with E-state index in [9.17, 15) is 0 Å². The number of para-hydroxylation sites is 4. The molecule has 0 spiro atoms. The molecule has 0 saturated heterocycles. The van der Waals surface area contributed by atoms with Crippen LogP contribution >= 0.6 is 0 Å². The maximum atomic E-state index is 5.91. The summed E-state index contributed by atoms with van der Waals surface area (Å²) in [5.41, 5.74) is 12.9. The van der Waals surface area contributed by atoms with Crippen LogP contribution in [0.3, 0.4) is 0 Å². The van der Waals surface area contributed by atoms with Crippen LogP contribution in [-0.2, 0) is 0 Å². The second kappa shape index (κ2) is 6.10. The van der Waals surface area contributed by atoms with Crippen LogP contribution in [0.1, 0.15) is 0 Å². The molecule has 0 aliphatic heterocycles. The summed E-state index contributed by atoms with van der Waals surface area (Å²) < 4.78 is 11.7. The van der Waals surface area contributed by atoms with Crippen molar-refractivity contribution >= 4 is 11.4 Å². The van der Waals surface area contributed by atoms with Crippen molar-refractivity contribution in [1.82, 2.24) is 0 Å². The van der Waals surface area contributed by atoms with Crippen LogP contribution in [0.2, 0.25) is 0 Å². The van der Waals surface area contributed by atoms with Crippen molar-refractivity contribution in [3.05, 3.63) is 72.8 Å². The molecule has 0 unspecified atom stereocenters. The first-order chi connectivity index (χ1) is 10.7. The molecule has 4 heteroatoms. The fraction of sp³-hybridized carbons (Fsp3) is 0. The normalized spacial score (nSPS) is 10.2. The Morgan fingerprint density at radius 2 is 1.23 bits per heavy atom. The SMILES string of the molecule is Nc1cccc(Oc2ccccc2Oc2ccccc2N)c1. The molecule has 0 atom stereocenters. The second-order valence-electron chi connectivity index (χ2n) is 4.76. The third-order valence-corrected chi connectivity index (χ3v) is 3.07. The molecule has 4 nitrogen and oxygen atoms in total. The van der Waals surface area contributed by atoms with E-state index < -0.39 is 0 Å². The molecule has 22 heavy (non-hydrogen) atoms. The van der Waals surface area contributed by atoms with Gasteiger partial charge in [-0.3, -0.25) is 0 Å². The minimum atomic E-state index is 0.571. The van der Waals surface area contributed by atoms with Gasteiger partial charge < -0.3 is 20.9 Å². The fourth-order valence-electron chi connectivity index (χ4n) is 2.02. The average molecular weight is 292 g/mol. The van der Waals surface area contributed by atoms with E-state index in [0.717, 1.165) is 0 Å². The van der Waals surface area contributed by atoms with Crippen LogP contribution in [0.4, 0.5) is 11.4 Å². The van der Waals surface area contributed by atoms with E-state index in [1.54, 1.807) is 18.2 Å². The summed E-state index contributed by atoms with van der Waals surface area (Å²) in [5.74, 6) is 2.42. The molecule has 0 amide bonds. The highest BCUT2D eigenvalue weighted by Gasteiger charge is 2.08. The van der Waals surface area contributed by atoms with E-state index in [2.05, 4.69) is 0 Å². The predicted octanol–water partition coefficient (Wildman–Crippen LogP) is 4.44. The van der Waals surface area contributed by atoms with Crippen molar-refractivity contribution < 1.29 is 9.47 Å². The van der Waals surface area contributed by atoms with Gasteiger partial charge in [-0.2, -0.15) is 0 Å². The first kappa shape index (κ1) is 13.8. The molecule has 0 radical (unpaired) electrons. The first-order valence-electron chi connectivity index (χ1n) is 6.87. The summed E-state index contributed by atoms with van der Waals surface area (Å²) in [6.45, 7) is 0. The van der Waals surface area contributed by atoms with Gasteiger partial charge in [0.05, 0.1) is 5.69 Å². The average Bonchev–Trinajstić information content (AvgIpc) is 2.51. The van der Waals surface area contributed by atoms with E-state index in [1.165, 1.54) is 0 Å². The minimum absolute atomic E-state index is 0.571. The molecule has 0 bridgehead atoms. The molecule has 0 aromatic heterocycles. The molecule has 110 valence electrons. The lowest BCUT2D eigenvalue weighted by molar-refractivity contribution is 0.420. The highest BCUT2D eigenvalue weighted by atomic mass is 16.5. The minimum Gasteiger partial charge on any atom is -0.453 e. The van der Waals surface area contributed by atoms with Gasteiger partial charge in [0.2, 0.25) is 0 Å². The number of rotatable bonds is 4. The van der Waals surface area contributed by atoms with Crippen LogP contribution in [0, 0.1) is 0 Å². The Kier molecular flexibility index (Phi) is 3.83. The molecule has 0 saturated carbocycles. The first-order valence-corrected chi connectivity index (χ1v) is 6.87. The third kappa shape index (κ3) is 3.12. The Morgan fingerprint density at radius 1 is 0.591 bits per heavy atom. The lowest BCUT2D eigenvalue weighted by atomic mass is 10.2. The summed E-state index contributed by atoms with van der Waals surface area (Å²) in [5, 5.41) is 0. The number of ether oxygens (including phenoxy) is 2. The van der Waals surface area contributed by atoms with E-state index in [0.29, 0.717) is 34.4 Å². The van der Waals surface area contributed by atoms with E-state index in [4.69, 9.17) is 20.9 Å². The monoisotopic (exact) mass is 292 g/mol. The Labute approximate surface area is 128 Å². The molecular formula is C18H16N2O2. The van der Waals surface area contributed by atoms with Crippen LogP contribution in [0.25, 0.3) is 0 Å². The van der Waals surface area contributed by atoms with Crippen LogP contribution in [0.5, 0.6) is 23.0 Å². The largest absolute Gasteiger partial charge is 0.453 e. The Balaban J connectivity index is 1.88. The molecule has 3 rings (SSSR count). The van der Waals surface area contributed by atoms with Crippen molar-refractivity contribution in [2.75, 3.05) is 11.5 Å². The topological polar surface area (TPSA) is 70.5 Å². The summed E-state index contributed by atoms with van der Waals surface area (Å²) in [6, 6.07) is 22.0. The quantitative estimate of drug-likeness (QED) is 0.698. The summed E-state index contributed by atoms with van der Waals surface area (Å²) in [6.07, 6.45) is 0. The van der Waals surface area contributed by atoms with Crippen molar-refractivity contribution in [3.63, 3.8) is 0 Å². The van der Waals surface area contributed by atoms with Gasteiger partial charge in [-0.25, -0.2) is 0 Å².